The van der Waals surface area contributed by atoms with Gasteiger partial charge in [-0.3, -0.25) is 9.59 Å². The second-order valence-electron chi connectivity index (χ2n) is 8.45. The van der Waals surface area contributed by atoms with Crippen LogP contribution in [-0.2, 0) is 25.7 Å². The molecule has 0 saturated carbocycles. The molecule has 0 aliphatic carbocycles. The van der Waals surface area contributed by atoms with Crippen molar-refractivity contribution in [1.82, 2.24) is 0 Å². The van der Waals surface area contributed by atoms with Gasteiger partial charge in [0.2, 0.25) is 11.7 Å². The van der Waals surface area contributed by atoms with Crippen molar-refractivity contribution in [3.05, 3.63) is 62.6 Å². The van der Waals surface area contributed by atoms with Crippen LogP contribution in [0.15, 0.2) is 36.4 Å². The zero-order chi connectivity index (χ0) is 25.8. The first kappa shape index (κ1) is 27.6. The number of ketones is 1. The molecule has 10 heteroatoms. The van der Waals surface area contributed by atoms with E-state index < -0.39 is 35.7 Å². The van der Waals surface area contributed by atoms with Crippen molar-refractivity contribution in [3.63, 3.8) is 0 Å². The fraction of sp³-hybridized carbons (Fsp3) is 0.333. The number of carboxylic acid groups (broad SMARTS) is 1. The Hall–Kier alpha value is -2.61. The fourth-order valence-corrected chi connectivity index (χ4v) is 3.23. The van der Waals surface area contributed by atoms with Crippen molar-refractivity contribution in [2.75, 3.05) is 4.90 Å². The highest BCUT2D eigenvalue weighted by molar-refractivity contribution is 6.42. The average Bonchev–Trinajstić information content (AvgIpc) is 2.74. The molecule has 0 unspecified atom stereocenters. The van der Waals surface area contributed by atoms with Crippen LogP contribution in [0.25, 0.3) is 0 Å². The van der Waals surface area contributed by atoms with E-state index in [9.17, 15) is 24.3 Å². The average molecular weight is 529 g/mol. The molecule has 1 amide bonds. The molecule has 0 aliphatic heterocycles. The highest BCUT2D eigenvalue weighted by Gasteiger charge is 2.32. The summed E-state index contributed by atoms with van der Waals surface area (Å²) in [7, 11) is 0. The largest absolute Gasteiger partial charge is 0.478 e. The second kappa shape index (κ2) is 11.2. The molecular weight excluding hydrogens is 505 g/mol. The molecule has 2 aromatic carbocycles. The van der Waals surface area contributed by atoms with Crippen molar-refractivity contribution in [2.45, 2.75) is 46.3 Å². The first-order valence-corrected chi connectivity index (χ1v) is 11.4. The smallest absolute Gasteiger partial charge is 0.375 e. The van der Waals surface area contributed by atoms with Crippen LogP contribution in [0.1, 0.15) is 50.0 Å². The van der Waals surface area contributed by atoms with E-state index in [0.717, 1.165) is 0 Å². The summed E-state index contributed by atoms with van der Waals surface area (Å²) in [6, 6.07) is 8.70. The molecule has 0 heterocycles. The molecule has 0 aliphatic rings. The molecule has 34 heavy (non-hydrogen) atoms. The third-order valence-corrected chi connectivity index (χ3v) is 6.47. The van der Waals surface area contributed by atoms with E-state index in [1.807, 2.05) is 13.8 Å². The molecule has 7 nitrogen and oxygen atoms in total. The van der Waals surface area contributed by atoms with Gasteiger partial charge in [0.05, 0.1) is 33.6 Å². The zero-order valence-corrected chi connectivity index (χ0v) is 21.3. The van der Waals surface area contributed by atoms with Crippen molar-refractivity contribution in [1.29, 1.82) is 0 Å². The maximum absolute atomic E-state index is 13.1. The number of nitrogens with zero attached hydrogens (tertiary/aromatic N) is 1. The standard InChI is InChI=1S/C24H24Cl3NO6/c1-13(2)24(3,4)34-23(33)20(29)11-21(30)28(12-14-5-7-18(26)19(27)9-14)15-6-8-17(25)16(10-15)22(31)32/h5-10,13H,11-12H2,1-4H3,(H,31,32). The number of carbonyl (C=O) groups excluding carboxylic acids is 3. The maximum atomic E-state index is 13.1. The zero-order valence-electron chi connectivity index (χ0n) is 19.0. The van der Waals surface area contributed by atoms with Gasteiger partial charge in [0, 0.05) is 5.69 Å². The minimum Gasteiger partial charge on any atom is -0.478 e. The summed E-state index contributed by atoms with van der Waals surface area (Å²) in [5.74, 6) is -4.23. The molecule has 0 radical (unpaired) electrons. The summed E-state index contributed by atoms with van der Waals surface area (Å²) < 4.78 is 5.27. The summed E-state index contributed by atoms with van der Waals surface area (Å²) in [4.78, 5) is 50.6. The Morgan fingerprint density at radius 2 is 1.59 bits per heavy atom. The van der Waals surface area contributed by atoms with Crippen LogP contribution in [0, 0.1) is 5.92 Å². The quantitative estimate of drug-likeness (QED) is 0.250. The summed E-state index contributed by atoms with van der Waals surface area (Å²) in [6.45, 7) is 6.94. The van der Waals surface area contributed by atoms with Crippen molar-refractivity contribution in [3.8, 4) is 0 Å². The summed E-state index contributed by atoms with van der Waals surface area (Å²) in [6.07, 6.45) is -0.778. The van der Waals surface area contributed by atoms with Crippen LogP contribution in [0.2, 0.25) is 15.1 Å². The van der Waals surface area contributed by atoms with E-state index in [4.69, 9.17) is 39.5 Å². The van der Waals surface area contributed by atoms with Gasteiger partial charge in [-0.25, -0.2) is 9.59 Å². The van der Waals surface area contributed by atoms with Crippen LogP contribution in [0.5, 0.6) is 0 Å². The number of halogens is 3. The number of carboxylic acids is 1. The molecule has 2 rings (SSSR count). The number of hydrogen-bond donors (Lipinski definition) is 1. The van der Waals surface area contributed by atoms with Gasteiger partial charge >= 0.3 is 11.9 Å². The molecule has 0 aromatic heterocycles. The number of hydrogen-bond acceptors (Lipinski definition) is 5. The van der Waals surface area contributed by atoms with Crippen LogP contribution < -0.4 is 4.90 Å². The molecule has 0 saturated heterocycles. The first-order valence-electron chi connectivity index (χ1n) is 10.3. The Bertz CT molecular complexity index is 1130. The minimum atomic E-state index is -1.29. The van der Waals surface area contributed by atoms with E-state index >= 15 is 0 Å². The SMILES string of the molecule is CC(C)C(C)(C)OC(=O)C(=O)CC(=O)N(Cc1ccc(Cl)c(Cl)c1)c1ccc(Cl)c(C(=O)O)c1. The number of esters is 1. The predicted molar refractivity (Wildman–Crippen MR) is 131 cm³/mol. The van der Waals surface area contributed by atoms with E-state index in [-0.39, 0.29) is 33.8 Å². The number of ether oxygens (including phenoxy) is 1. The molecule has 1 N–H and O–H groups in total. The number of anilines is 1. The lowest BCUT2D eigenvalue weighted by Gasteiger charge is -2.29. The van der Waals surface area contributed by atoms with Gasteiger partial charge < -0.3 is 14.7 Å². The Labute approximate surface area is 212 Å². The second-order valence-corrected chi connectivity index (χ2v) is 9.67. The van der Waals surface area contributed by atoms with Gasteiger partial charge in [0.25, 0.3) is 0 Å². The molecule has 0 fully saturated rings. The lowest BCUT2D eigenvalue weighted by molar-refractivity contribution is -0.167. The molecule has 0 atom stereocenters. The van der Waals surface area contributed by atoms with E-state index in [1.165, 1.54) is 23.1 Å². The van der Waals surface area contributed by atoms with E-state index in [1.54, 1.807) is 32.0 Å². The molecule has 2 aromatic rings. The first-order chi connectivity index (χ1) is 15.7. The third kappa shape index (κ3) is 6.95. The van der Waals surface area contributed by atoms with E-state index in [0.29, 0.717) is 10.6 Å². The number of Topliss-reactive ketones (excluding diaryl/α,β-unsaturated/α-hetero) is 1. The molecule has 0 spiro atoms. The number of aromatic carboxylic acids is 1. The monoisotopic (exact) mass is 527 g/mol. The van der Waals surface area contributed by atoms with Crippen LogP contribution >= 0.6 is 34.8 Å². The van der Waals surface area contributed by atoms with Gasteiger partial charge in [0.15, 0.2) is 0 Å². The van der Waals surface area contributed by atoms with Crippen molar-refractivity contribution in [2.24, 2.45) is 5.92 Å². The molecule has 182 valence electrons. The van der Waals surface area contributed by atoms with Crippen LogP contribution in [0.4, 0.5) is 5.69 Å². The Balaban J connectivity index is 2.37. The van der Waals surface area contributed by atoms with Gasteiger partial charge in [-0.1, -0.05) is 54.7 Å². The number of benzene rings is 2. The Morgan fingerprint density at radius 1 is 0.971 bits per heavy atom. The third-order valence-electron chi connectivity index (χ3n) is 5.40. The molecule has 0 bridgehead atoms. The lowest BCUT2D eigenvalue weighted by atomic mass is 9.94. The number of carbonyl (C=O) groups is 4. The summed E-state index contributed by atoms with van der Waals surface area (Å²) >= 11 is 18.0. The fourth-order valence-electron chi connectivity index (χ4n) is 2.71. The topological polar surface area (TPSA) is 101 Å². The molecular formula is C24H24Cl3NO6. The van der Waals surface area contributed by atoms with Crippen LogP contribution in [0.3, 0.4) is 0 Å². The van der Waals surface area contributed by atoms with Gasteiger partial charge in [-0.15, -0.1) is 0 Å². The summed E-state index contributed by atoms with van der Waals surface area (Å²) in [5.41, 5.74) is -0.398. The Morgan fingerprint density at radius 3 is 2.15 bits per heavy atom. The summed E-state index contributed by atoms with van der Waals surface area (Å²) in [5, 5.41) is 9.95. The van der Waals surface area contributed by atoms with Gasteiger partial charge in [0.1, 0.15) is 5.60 Å². The lowest BCUT2D eigenvalue weighted by Crippen LogP contribution is -2.39. The number of rotatable bonds is 9. The van der Waals surface area contributed by atoms with Gasteiger partial charge in [-0.2, -0.15) is 0 Å². The van der Waals surface area contributed by atoms with E-state index in [2.05, 4.69) is 0 Å². The van der Waals surface area contributed by atoms with Crippen molar-refractivity contribution < 1.29 is 29.0 Å². The normalized spacial score (nSPS) is 11.3. The predicted octanol–water partition coefficient (Wildman–Crippen LogP) is 5.82. The minimum absolute atomic E-state index is 0.0197. The highest BCUT2D eigenvalue weighted by atomic mass is 35.5. The maximum Gasteiger partial charge on any atom is 0.375 e. The van der Waals surface area contributed by atoms with Crippen LogP contribution in [-0.4, -0.2) is 34.3 Å². The van der Waals surface area contributed by atoms with Gasteiger partial charge in [-0.05, 0) is 55.7 Å². The highest BCUT2D eigenvalue weighted by Crippen LogP contribution is 2.28. The number of amides is 1. The van der Waals surface area contributed by atoms with Crippen molar-refractivity contribution >= 4 is 64.1 Å². The Kier molecular flexibility index (Phi) is 9.11.